The number of rotatable bonds is 4. The molecule has 1 aliphatic rings. The van der Waals surface area contributed by atoms with Crippen molar-refractivity contribution in [1.82, 2.24) is 4.57 Å². The minimum Gasteiger partial charge on any atom is -0.494 e. The van der Waals surface area contributed by atoms with E-state index in [1.54, 1.807) is 67.6 Å². The van der Waals surface area contributed by atoms with Gasteiger partial charge in [0.2, 0.25) is 5.88 Å². The average molecular weight is 489 g/mol. The van der Waals surface area contributed by atoms with Crippen molar-refractivity contribution in [3.63, 3.8) is 0 Å². The van der Waals surface area contributed by atoms with E-state index in [1.807, 2.05) is 6.07 Å². The second kappa shape index (κ2) is 10.0. The molecule has 4 rings (SSSR count). The number of nitrogens with zero attached hydrogens (tertiary/aromatic N) is 4. The maximum Gasteiger partial charge on any atom is 0.276 e. The monoisotopic (exact) mass is 488 g/mol. The van der Waals surface area contributed by atoms with Crippen molar-refractivity contribution < 1.29 is 14.7 Å². The molecule has 0 fully saturated rings. The molecule has 1 aliphatic heterocycles. The molecule has 0 saturated heterocycles. The van der Waals surface area contributed by atoms with E-state index in [2.05, 4.69) is 4.85 Å². The Kier molecular flexibility index (Phi) is 6.68. The molecule has 2 amide bonds. The summed E-state index contributed by atoms with van der Waals surface area (Å²) < 4.78 is 1.04. The number of hydrogen-bond acceptors (Lipinski definition) is 5. The molecule has 2 heterocycles. The lowest BCUT2D eigenvalue weighted by Gasteiger charge is -2.27. The molecule has 0 unspecified atom stereocenters. The predicted molar refractivity (Wildman–Crippen MR) is 139 cm³/mol. The standard InChI is InChI=1S/C29H20N4O4/c1-18-22(26(34)32(28(36)24(18)17-30)20-11-6-4-7-12-20)15-10-16-23-19(2)25(31-3)29(37)33(27(23)35)21-13-8-5-9-14-21/h4-16,34H,1-2H3/b15-10?,23-16-. The Hall–Kier alpha value is -5.47. The van der Waals surface area contributed by atoms with Gasteiger partial charge in [0, 0.05) is 11.1 Å². The molecule has 0 atom stereocenters. The van der Waals surface area contributed by atoms with E-state index in [-0.39, 0.29) is 39.4 Å². The summed E-state index contributed by atoms with van der Waals surface area (Å²) in [5.41, 5.74) is 0.604. The fourth-order valence-corrected chi connectivity index (χ4v) is 4.09. The van der Waals surface area contributed by atoms with E-state index in [1.165, 1.54) is 25.2 Å². The highest BCUT2D eigenvalue weighted by Crippen LogP contribution is 2.31. The maximum atomic E-state index is 13.3. The number of aromatic nitrogens is 1. The first-order chi connectivity index (χ1) is 17.8. The van der Waals surface area contributed by atoms with Gasteiger partial charge in [0.25, 0.3) is 23.1 Å². The van der Waals surface area contributed by atoms with Crippen LogP contribution in [0.1, 0.15) is 23.6 Å². The van der Waals surface area contributed by atoms with Crippen LogP contribution in [0.4, 0.5) is 5.69 Å². The second-order valence-corrected chi connectivity index (χ2v) is 8.13. The first-order valence-corrected chi connectivity index (χ1v) is 11.2. The molecule has 8 heteroatoms. The third kappa shape index (κ3) is 4.24. The molecule has 37 heavy (non-hydrogen) atoms. The lowest BCUT2D eigenvalue weighted by Crippen LogP contribution is -2.42. The smallest absolute Gasteiger partial charge is 0.276 e. The van der Waals surface area contributed by atoms with E-state index < -0.39 is 17.4 Å². The van der Waals surface area contributed by atoms with Crippen LogP contribution < -0.4 is 10.5 Å². The van der Waals surface area contributed by atoms with Crippen molar-refractivity contribution in [2.75, 3.05) is 4.90 Å². The van der Waals surface area contributed by atoms with Gasteiger partial charge in [-0.1, -0.05) is 48.6 Å². The molecule has 8 nitrogen and oxygen atoms in total. The van der Waals surface area contributed by atoms with E-state index in [9.17, 15) is 24.8 Å². The predicted octanol–water partition coefficient (Wildman–Crippen LogP) is 4.43. The van der Waals surface area contributed by atoms with E-state index in [4.69, 9.17) is 6.57 Å². The van der Waals surface area contributed by atoms with Crippen LogP contribution in [0.5, 0.6) is 5.88 Å². The maximum absolute atomic E-state index is 13.3. The number of allylic oxidation sites excluding steroid dienone is 2. The van der Waals surface area contributed by atoms with Crippen molar-refractivity contribution in [1.29, 1.82) is 5.26 Å². The zero-order valence-electron chi connectivity index (χ0n) is 20.0. The van der Waals surface area contributed by atoms with Crippen molar-refractivity contribution in [3.05, 3.63) is 128 Å². The molecule has 2 aromatic carbocycles. The molecule has 0 bridgehead atoms. The van der Waals surface area contributed by atoms with E-state index >= 15 is 0 Å². The summed E-state index contributed by atoms with van der Waals surface area (Å²) in [4.78, 5) is 43.4. The Bertz CT molecular complexity index is 1670. The van der Waals surface area contributed by atoms with Gasteiger partial charge >= 0.3 is 0 Å². The number of pyridine rings is 1. The molecule has 180 valence electrons. The zero-order chi connectivity index (χ0) is 26.7. The first kappa shape index (κ1) is 24.6. The number of aromatic hydroxyl groups is 1. The van der Waals surface area contributed by atoms with Gasteiger partial charge in [-0.2, -0.15) is 5.26 Å². The third-order valence-electron chi connectivity index (χ3n) is 6.03. The molecule has 0 radical (unpaired) electrons. The summed E-state index contributed by atoms with van der Waals surface area (Å²) in [6.07, 6.45) is 4.38. The fourth-order valence-electron chi connectivity index (χ4n) is 4.09. The van der Waals surface area contributed by atoms with Crippen LogP contribution in [0.3, 0.4) is 0 Å². The van der Waals surface area contributed by atoms with E-state index in [0.717, 1.165) is 9.47 Å². The number of hydrogen-bond donors (Lipinski definition) is 1. The minimum absolute atomic E-state index is 0.125. The summed E-state index contributed by atoms with van der Waals surface area (Å²) in [6, 6.07) is 18.6. The van der Waals surface area contributed by atoms with Gasteiger partial charge < -0.3 is 5.11 Å². The van der Waals surface area contributed by atoms with Crippen LogP contribution in [-0.2, 0) is 9.59 Å². The Labute approximate surface area is 212 Å². The van der Waals surface area contributed by atoms with Gasteiger partial charge in [0.05, 0.1) is 17.9 Å². The normalized spacial score (nSPS) is 14.8. The topological polar surface area (TPSA) is 108 Å². The summed E-state index contributed by atoms with van der Waals surface area (Å²) in [5.74, 6) is -1.67. The molecule has 3 aromatic rings. The zero-order valence-corrected chi connectivity index (χ0v) is 20.0. The van der Waals surface area contributed by atoms with Crippen LogP contribution >= 0.6 is 0 Å². The number of anilines is 1. The number of carbonyl (C=O) groups is 2. The van der Waals surface area contributed by atoms with Crippen LogP contribution in [0, 0.1) is 24.8 Å². The van der Waals surface area contributed by atoms with Crippen molar-refractivity contribution in [3.8, 4) is 17.6 Å². The second-order valence-electron chi connectivity index (χ2n) is 8.13. The molecular weight excluding hydrogens is 468 g/mol. The van der Waals surface area contributed by atoms with E-state index in [0.29, 0.717) is 11.4 Å². The SMILES string of the molecule is [C-]#[N+]C1=C(C)/C(=C/C=Cc2c(C)c(C#N)c(=O)n(-c3ccccc3)c2O)C(=O)N(c2ccccc2)C1=O. The Morgan fingerprint density at radius 1 is 0.946 bits per heavy atom. The van der Waals surface area contributed by atoms with Crippen molar-refractivity contribution in [2.45, 2.75) is 13.8 Å². The van der Waals surface area contributed by atoms with Crippen LogP contribution in [0.2, 0.25) is 0 Å². The molecule has 0 aliphatic carbocycles. The summed E-state index contributed by atoms with van der Waals surface area (Å²) in [7, 11) is 0. The Balaban J connectivity index is 1.85. The summed E-state index contributed by atoms with van der Waals surface area (Å²) in [6.45, 7) is 10.5. The highest BCUT2D eigenvalue weighted by atomic mass is 16.3. The number of imide groups is 1. The average Bonchev–Trinajstić information content (AvgIpc) is 2.89. The fraction of sp³-hybridized carbons (Fsp3) is 0.0690. The molecule has 1 aromatic heterocycles. The van der Waals surface area contributed by atoms with Gasteiger partial charge in [-0.3, -0.25) is 19.3 Å². The van der Waals surface area contributed by atoms with Crippen molar-refractivity contribution in [2.24, 2.45) is 0 Å². The highest BCUT2D eigenvalue weighted by molar-refractivity contribution is 6.30. The van der Waals surface area contributed by atoms with Gasteiger partial charge in [-0.05, 0) is 55.3 Å². The minimum atomic E-state index is -0.702. The van der Waals surface area contributed by atoms with Crippen LogP contribution in [0.15, 0.2) is 94.5 Å². The molecule has 0 saturated carbocycles. The first-order valence-electron chi connectivity index (χ1n) is 11.2. The summed E-state index contributed by atoms with van der Waals surface area (Å²) >= 11 is 0. The molecule has 1 N–H and O–H groups in total. The van der Waals surface area contributed by atoms with Gasteiger partial charge in [-0.25, -0.2) is 9.41 Å². The van der Waals surface area contributed by atoms with Crippen molar-refractivity contribution >= 4 is 23.6 Å². The Morgan fingerprint density at radius 2 is 1.54 bits per heavy atom. The lowest BCUT2D eigenvalue weighted by molar-refractivity contribution is -0.123. The molecular formula is C29H20N4O4. The third-order valence-corrected chi connectivity index (χ3v) is 6.03. The lowest BCUT2D eigenvalue weighted by atomic mass is 9.97. The van der Waals surface area contributed by atoms with Gasteiger partial charge in [0.1, 0.15) is 11.6 Å². The summed E-state index contributed by atoms with van der Waals surface area (Å²) in [5, 5.41) is 20.6. The number of nitriles is 1. The van der Waals surface area contributed by atoms with Gasteiger partial charge in [-0.15, -0.1) is 0 Å². The Morgan fingerprint density at radius 3 is 2.11 bits per heavy atom. The van der Waals surface area contributed by atoms with Crippen LogP contribution in [0.25, 0.3) is 16.6 Å². The van der Waals surface area contributed by atoms with Gasteiger partial charge in [0.15, 0.2) is 0 Å². The number of para-hydroxylation sites is 2. The quantitative estimate of drug-likeness (QED) is 0.332. The largest absolute Gasteiger partial charge is 0.494 e. The number of amides is 2. The molecule has 0 spiro atoms. The number of benzene rings is 2. The highest BCUT2D eigenvalue weighted by Gasteiger charge is 2.36. The van der Waals surface area contributed by atoms with Crippen LogP contribution in [-0.4, -0.2) is 21.5 Å². The number of carbonyl (C=O) groups excluding carboxylic acids is 2.